The number of hydrogen-bond donors (Lipinski definition) is 2. The Morgan fingerprint density at radius 2 is 2.33 bits per heavy atom. The van der Waals surface area contributed by atoms with E-state index in [2.05, 4.69) is 10.3 Å². The van der Waals surface area contributed by atoms with E-state index in [-0.39, 0.29) is 18.4 Å². The minimum atomic E-state index is -0.918. The number of carboxylic acids is 1. The number of carboxylic acid groups (broad SMARTS) is 1. The van der Waals surface area contributed by atoms with Crippen LogP contribution in [-0.2, 0) is 9.59 Å². The molecule has 0 saturated carbocycles. The summed E-state index contributed by atoms with van der Waals surface area (Å²) in [6.45, 7) is 1.83. The number of carbonyl (C=O) groups is 2. The van der Waals surface area contributed by atoms with Crippen LogP contribution in [0.4, 0.5) is 0 Å². The molecular formula is C13H16N2O3. The molecule has 0 radical (unpaired) electrons. The number of aliphatic carboxylic acids is 1. The third kappa shape index (κ3) is 5.25. The number of hydrogen-bond acceptors (Lipinski definition) is 3. The van der Waals surface area contributed by atoms with Crippen molar-refractivity contribution in [3.63, 3.8) is 0 Å². The Morgan fingerprint density at radius 3 is 2.89 bits per heavy atom. The van der Waals surface area contributed by atoms with Crippen LogP contribution in [0.25, 0.3) is 6.08 Å². The van der Waals surface area contributed by atoms with Gasteiger partial charge in [-0.05, 0) is 24.1 Å². The van der Waals surface area contributed by atoms with Crippen LogP contribution in [-0.4, -0.2) is 28.0 Å². The number of nitrogens with one attached hydrogen (secondary N) is 1. The fourth-order valence-corrected chi connectivity index (χ4v) is 1.40. The predicted molar refractivity (Wildman–Crippen MR) is 67.7 cm³/mol. The number of aromatic nitrogens is 1. The third-order valence-corrected chi connectivity index (χ3v) is 2.37. The molecule has 5 heteroatoms. The molecule has 1 heterocycles. The van der Waals surface area contributed by atoms with E-state index >= 15 is 0 Å². The Bertz CT molecular complexity index is 429. The lowest BCUT2D eigenvalue weighted by Crippen LogP contribution is -2.34. The van der Waals surface area contributed by atoms with Crippen molar-refractivity contribution in [3.8, 4) is 0 Å². The van der Waals surface area contributed by atoms with Gasteiger partial charge in [-0.3, -0.25) is 14.6 Å². The quantitative estimate of drug-likeness (QED) is 0.747. The van der Waals surface area contributed by atoms with Gasteiger partial charge in [-0.15, -0.1) is 0 Å². The first-order valence-corrected chi connectivity index (χ1v) is 5.72. The number of amides is 1. The molecule has 18 heavy (non-hydrogen) atoms. The fourth-order valence-electron chi connectivity index (χ4n) is 1.40. The molecule has 1 atom stereocenters. The summed E-state index contributed by atoms with van der Waals surface area (Å²) in [4.78, 5) is 26.0. The van der Waals surface area contributed by atoms with Crippen LogP contribution in [0.5, 0.6) is 0 Å². The Labute approximate surface area is 106 Å². The van der Waals surface area contributed by atoms with Gasteiger partial charge in [0, 0.05) is 24.5 Å². The molecule has 0 spiro atoms. The maximum absolute atomic E-state index is 11.6. The van der Waals surface area contributed by atoms with Crippen LogP contribution in [0.15, 0.2) is 30.6 Å². The van der Waals surface area contributed by atoms with Gasteiger partial charge in [0.05, 0.1) is 6.42 Å². The van der Waals surface area contributed by atoms with Gasteiger partial charge in [0.1, 0.15) is 0 Å². The van der Waals surface area contributed by atoms with E-state index in [1.165, 1.54) is 6.08 Å². The minimum Gasteiger partial charge on any atom is -0.481 e. The van der Waals surface area contributed by atoms with Crippen LogP contribution in [0, 0.1) is 0 Å². The van der Waals surface area contributed by atoms with Crippen molar-refractivity contribution in [1.82, 2.24) is 10.3 Å². The maximum Gasteiger partial charge on any atom is 0.305 e. The molecule has 1 aromatic heterocycles. The maximum atomic E-state index is 11.6. The highest BCUT2D eigenvalue weighted by Gasteiger charge is 2.12. The zero-order chi connectivity index (χ0) is 13.4. The highest BCUT2D eigenvalue weighted by atomic mass is 16.4. The minimum absolute atomic E-state index is 0.0665. The lowest BCUT2D eigenvalue weighted by molar-refractivity contribution is -0.137. The molecule has 2 N–H and O–H groups in total. The SMILES string of the molecule is CCC(CC(=O)O)NC(=O)/C=C/c1cccnc1. The van der Waals surface area contributed by atoms with Gasteiger partial charge in [-0.2, -0.15) is 0 Å². The molecule has 1 rings (SSSR count). The molecule has 0 bridgehead atoms. The molecule has 0 saturated heterocycles. The number of pyridine rings is 1. The third-order valence-electron chi connectivity index (χ3n) is 2.37. The van der Waals surface area contributed by atoms with Crippen LogP contribution < -0.4 is 5.32 Å². The second-order valence-electron chi connectivity index (χ2n) is 3.83. The molecule has 1 unspecified atom stereocenters. The summed E-state index contributed by atoms with van der Waals surface area (Å²) in [6, 6.07) is 3.26. The topological polar surface area (TPSA) is 79.3 Å². The lowest BCUT2D eigenvalue weighted by Gasteiger charge is -2.12. The van der Waals surface area contributed by atoms with Gasteiger partial charge >= 0.3 is 5.97 Å². The highest BCUT2D eigenvalue weighted by molar-refractivity contribution is 5.92. The molecule has 0 aliphatic rings. The zero-order valence-electron chi connectivity index (χ0n) is 10.2. The summed E-state index contributed by atoms with van der Waals surface area (Å²) in [5, 5.41) is 11.3. The molecule has 0 aromatic carbocycles. The molecule has 1 aromatic rings. The first-order valence-electron chi connectivity index (χ1n) is 5.72. The van der Waals surface area contributed by atoms with Crippen molar-refractivity contribution >= 4 is 18.0 Å². The van der Waals surface area contributed by atoms with Gasteiger partial charge < -0.3 is 10.4 Å². The summed E-state index contributed by atoms with van der Waals surface area (Å²) in [5.41, 5.74) is 0.818. The zero-order valence-corrected chi connectivity index (χ0v) is 10.2. The number of carbonyl (C=O) groups excluding carboxylic acids is 1. The van der Waals surface area contributed by atoms with Crippen molar-refractivity contribution in [1.29, 1.82) is 0 Å². The van der Waals surface area contributed by atoms with Crippen LogP contribution in [0.1, 0.15) is 25.3 Å². The van der Waals surface area contributed by atoms with Crippen LogP contribution in [0.3, 0.4) is 0 Å². The summed E-state index contributed by atoms with van der Waals surface area (Å²) in [7, 11) is 0. The van der Waals surface area contributed by atoms with Crippen molar-refractivity contribution in [3.05, 3.63) is 36.2 Å². The molecule has 96 valence electrons. The second kappa shape index (κ2) is 7.21. The van der Waals surface area contributed by atoms with Crippen LogP contribution in [0.2, 0.25) is 0 Å². The van der Waals surface area contributed by atoms with E-state index in [9.17, 15) is 9.59 Å². The van der Waals surface area contributed by atoms with Crippen molar-refractivity contribution in [2.24, 2.45) is 0 Å². The molecule has 0 aliphatic carbocycles. The highest BCUT2D eigenvalue weighted by Crippen LogP contribution is 2.00. The van der Waals surface area contributed by atoms with E-state index in [0.717, 1.165) is 5.56 Å². The Balaban J connectivity index is 2.50. The van der Waals surface area contributed by atoms with E-state index in [0.29, 0.717) is 6.42 Å². The average molecular weight is 248 g/mol. The first-order chi connectivity index (χ1) is 8.61. The fraction of sp³-hybridized carbons (Fsp3) is 0.308. The average Bonchev–Trinajstić information content (AvgIpc) is 2.36. The monoisotopic (exact) mass is 248 g/mol. The molecule has 1 amide bonds. The normalized spacial score (nSPS) is 12.3. The molecule has 0 aliphatic heterocycles. The number of rotatable bonds is 6. The summed E-state index contributed by atoms with van der Waals surface area (Å²) in [5.74, 6) is -1.22. The van der Waals surface area contributed by atoms with Gasteiger partial charge in [0.2, 0.25) is 5.91 Å². The number of nitrogens with zero attached hydrogens (tertiary/aromatic N) is 1. The van der Waals surface area contributed by atoms with Crippen LogP contribution >= 0.6 is 0 Å². The lowest BCUT2D eigenvalue weighted by atomic mass is 10.1. The second-order valence-corrected chi connectivity index (χ2v) is 3.83. The van der Waals surface area contributed by atoms with Crippen molar-refractivity contribution < 1.29 is 14.7 Å². The summed E-state index contributed by atoms with van der Waals surface area (Å²) < 4.78 is 0. The van der Waals surface area contributed by atoms with Crippen molar-refractivity contribution in [2.75, 3.05) is 0 Å². The Hall–Kier alpha value is -2.17. The van der Waals surface area contributed by atoms with E-state index in [4.69, 9.17) is 5.11 Å². The van der Waals surface area contributed by atoms with Gasteiger partial charge in [-0.25, -0.2) is 0 Å². The van der Waals surface area contributed by atoms with Crippen molar-refractivity contribution in [2.45, 2.75) is 25.8 Å². The predicted octanol–water partition coefficient (Wildman–Crippen LogP) is 1.46. The Kier molecular flexibility index (Phi) is 5.57. The van der Waals surface area contributed by atoms with Gasteiger partial charge in [0.15, 0.2) is 0 Å². The van der Waals surface area contributed by atoms with E-state index in [1.807, 2.05) is 13.0 Å². The van der Waals surface area contributed by atoms with E-state index in [1.54, 1.807) is 24.5 Å². The first kappa shape index (κ1) is 13.9. The largest absolute Gasteiger partial charge is 0.481 e. The molecule has 0 fully saturated rings. The van der Waals surface area contributed by atoms with Gasteiger partial charge in [-0.1, -0.05) is 13.0 Å². The summed E-state index contributed by atoms with van der Waals surface area (Å²) in [6.07, 6.45) is 6.81. The summed E-state index contributed by atoms with van der Waals surface area (Å²) >= 11 is 0. The Morgan fingerprint density at radius 1 is 1.56 bits per heavy atom. The van der Waals surface area contributed by atoms with E-state index < -0.39 is 5.97 Å². The molecule has 5 nitrogen and oxygen atoms in total. The standard InChI is InChI=1S/C13H16N2O3/c1-2-11(8-13(17)18)15-12(16)6-5-10-4-3-7-14-9-10/h3-7,9,11H,2,8H2,1H3,(H,15,16)(H,17,18)/b6-5+. The smallest absolute Gasteiger partial charge is 0.305 e. The van der Waals surface area contributed by atoms with Gasteiger partial charge in [0.25, 0.3) is 0 Å². The molecular weight excluding hydrogens is 232 g/mol.